The van der Waals surface area contributed by atoms with Crippen LogP contribution in [0.15, 0.2) is 35.1 Å². The molecule has 16 heavy (non-hydrogen) atoms. The Morgan fingerprint density at radius 3 is 3.00 bits per heavy atom. The number of hydrogen-bond donors (Lipinski definition) is 3. The Morgan fingerprint density at radius 1 is 1.25 bits per heavy atom. The lowest BCUT2D eigenvalue weighted by molar-refractivity contribution is 0.379. The monoisotopic (exact) mass is 217 g/mol. The number of nitrogens with one attached hydrogen (secondary N) is 1. The van der Waals surface area contributed by atoms with Crippen LogP contribution in [0.1, 0.15) is 25.7 Å². The molecule has 0 spiro atoms. The van der Waals surface area contributed by atoms with Gasteiger partial charge >= 0.3 is 0 Å². The fourth-order valence-electron chi connectivity index (χ4n) is 3.15. The fourth-order valence-corrected chi connectivity index (χ4v) is 3.15. The second kappa shape index (κ2) is 3.75. The summed E-state index contributed by atoms with van der Waals surface area (Å²) < 4.78 is 0. The Hall–Kier alpha value is -1.06. The molecule has 0 aromatic heterocycles. The highest BCUT2D eigenvalue weighted by atomic mass is 15.0. The minimum atomic E-state index is 0.152. The van der Waals surface area contributed by atoms with Gasteiger partial charge in [0.2, 0.25) is 0 Å². The summed E-state index contributed by atoms with van der Waals surface area (Å²) in [4.78, 5) is 0. The molecule has 3 aliphatic rings. The predicted octanol–water partition coefficient (Wildman–Crippen LogP) is 0.937. The van der Waals surface area contributed by atoms with Gasteiger partial charge in [-0.25, -0.2) is 0 Å². The van der Waals surface area contributed by atoms with Gasteiger partial charge in [0.05, 0.1) is 0 Å². The Morgan fingerprint density at radius 2 is 2.12 bits per heavy atom. The topological polar surface area (TPSA) is 64.1 Å². The second-order valence-corrected chi connectivity index (χ2v) is 4.96. The Balaban J connectivity index is 2.04. The van der Waals surface area contributed by atoms with Crippen molar-refractivity contribution in [2.75, 3.05) is 0 Å². The van der Waals surface area contributed by atoms with E-state index in [-0.39, 0.29) is 6.04 Å². The van der Waals surface area contributed by atoms with Crippen LogP contribution in [0.25, 0.3) is 0 Å². The van der Waals surface area contributed by atoms with Crippen molar-refractivity contribution in [2.45, 2.75) is 43.8 Å². The molecular formula is C13H19N3. The van der Waals surface area contributed by atoms with Crippen LogP contribution in [0, 0.1) is 0 Å². The van der Waals surface area contributed by atoms with Crippen LogP contribution in [-0.2, 0) is 0 Å². The highest BCUT2D eigenvalue weighted by Gasteiger charge is 2.35. The van der Waals surface area contributed by atoms with Crippen molar-refractivity contribution in [3.05, 3.63) is 35.1 Å². The summed E-state index contributed by atoms with van der Waals surface area (Å²) in [6.45, 7) is 0. The average molecular weight is 217 g/mol. The third kappa shape index (κ3) is 1.43. The number of allylic oxidation sites excluding steroid dienone is 2. The molecule has 0 aromatic carbocycles. The van der Waals surface area contributed by atoms with E-state index in [0.717, 1.165) is 18.5 Å². The normalized spacial score (nSPS) is 37.8. The van der Waals surface area contributed by atoms with Crippen LogP contribution in [0.2, 0.25) is 0 Å². The van der Waals surface area contributed by atoms with Crippen LogP contribution < -0.4 is 16.8 Å². The van der Waals surface area contributed by atoms with Crippen LogP contribution in [0.3, 0.4) is 0 Å². The number of hydrogen-bond acceptors (Lipinski definition) is 3. The summed E-state index contributed by atoms with van der Waals surface area (Å²) in [7, 11) is 0. The quantitative estimate of drug-likeness (QED) is 0.566. The molecule has 3 unspecified atom stereocenters. The van der Waals surface area contributed by atoms with E-state index in [1.165, 1.54) is 24.0 Å². The molecule has 3 rings (SSSR count). The summed E-state index contributed by atoms with van der Waals surface area (Å²) in [6, 6.07) is 0.973. The van der Waals surface area contributed by atoms with Crippen molar-refractivity contribution in [1.29, 1.82) is 0 Å². The zero-order valence-corrected chi connectivity index (χ0v) is 9.45. The lowest BCUT2D eigenvalue weighted by Gasteiger charge is -2.41. The highest BCUT2D eigenvalue weighted by Crippen LogP contribution is 2.34. The average Bonchev–Trinajstić information content (AvgIpc) is 2.29. The van der Waals surface area contributed by atoms with Gasteiger partial charge in [-0.1, -0.05) is 18.2 Å². The van der Waals surface area contributed by atoms with Crippen molar-refractivity contribution in [2.24, 2.45) is 11.5 Å². The maximum atomic E-state index is 6.29. The first-order chi connectivity index (χ1) is 7.77. The van der Waals surface area contributed by atoms with E-state index >= 15 is 0 Å². The van der Waals surface area contributed by atoms with Crippen LogP contribution >= 0.6 is 0 Å². The molecule has 0 radical (unpaired) electrons. The SMILES string of the molecule is NC1=C2C(N)CCCC2NC2CC=CC=C12. The lowest BCUT2D eigenvalue weighted by Crippen LogP contribution is -2.52. The van der Waals surface area contributed by atoms with E-state index in [9.17, 15) is 0 Å². The molecular weight excluding hydrogens is 198 g/mol. The Bertz CT molecular complexity index is 392. The molecule has 0 aromatic rings. The number of nitrogens with two attached hydrogens (primary N) is 2. The number of rotatable bonds is 0. The van der Waals surface area contributed by atoms with E-state index in [4.69, 9.17) is 11.5 Å². The molecule has 1 fully saturated rings. The molecule has 0 saturated heterocycles. The Labute approximate surface area is 96.3 Å². The minimum Gasteiger partial charge on any atom is -0.398 e. The molecule has 3 heteroatoms. The summed E-state index contributed by atoms with van der Waals surface area (Å²) in [6.07, 6.45) is 10.9. The molecule has 3 atom stereocenters. The van der Waals surface area contributed by atoms with Crippen LogP contribution in [0.4, 0.5) is 0 Å². The van der Waals surface area contributed by atoms with E-state index in [1.54, 1.807) is 0 Å². The zero-order valence-electron chi connectivity index (χ0n) is 9.45. The van der Waals surface area contributed by atoms with Crippen LogP contribution in [0.5, 0.6) is 0 Å². The van der Waals surface area contributed by atoms with Gasteiger partial charge in [0.25, 0.3) is 0 Å². The third-order valence-electron chi connectivity index (χ3n) is 3.97. The molecule has 1 heterocycles. The van der Waals surface area contributed by atoms with Crippen molar-refractivity contribution in [3.8, 4) is 0 Å². The molecule has 3 nitrogen and oxygen atoms in total. The smallest absolute Gasteiger partial charge is 0.0386 e. The van der Waals surface area contributed by atoms with Crippen LogP contribution in [-0.4, -0.2) is 18.1 Å². The Kier molecular flexibility index (Phi) is 2.37. The predicted molar refractivity (Wildman–Crippen MR) is 65.6 cm³/mol. The van der Waals surface area contributed by atoms with Crippen molar-refractivity contribution < 1.29 is 0 Å². The first kappa shape index (κ1) is 10.1. The second-order valence-electron chi connectivity index (χ2n) is 4.96. The maximum Gasteiger partial charge on any atom is 0.0386 e. The van der Waals surface area contributed by atoms with Crippen molar-refractivity contribution in [1.82, 2.24) is 5.32 Å². The number of fused-ring (bicyclic) bond motifs is 2. The molecule has 2 aliphatic carbocycles. The lowest BCUT2D eigenvalue weighted by atomic mass is 9.78. The summed E-state index contributed by atoms with van der Waals surface area (Å²) >= 11 is 0. The molecule has 1 aliphatic heterocycles. The van der Waals surface area contributed by atoms with Gasteiger partial charge in [0, 0.05) is 23.8 Å². The maximum absolute atomic E-state index is 6.29. The molecule has 0 bridgehead atoms. The summed E-state index contributed by atoms with van der Waals surface area (Å²) in [5.74, 6) is 0. The van der Waals surface area contributed by atoms with Crippen molar-refractivity contribution in [3.63, 3.8) is 0 Å². The van der Waals surface area contributed by atoms with Gasteiger partial charge in [-0.05, 0) is 36.8 Å². The zero-order chi connectivity index (χ0) is 11.1. The standard InChI is InChI=1S/C13H19N3/c14-9-5-3-7-11-12(9)13(15)8-4-1-2-6-10(8)16-11/h1-2,4,9-11,16H,3,5-7,14-15H2. The molecule has 0 amide bonds. The van der Waals surface area contributed by atoms with E-state index in [2.05, 4.69) is 23.5 Å². The van der Waals surface area contributed by atoms with Crippen molar-refractivity contribution >= 4 is 0 Å². The van der Waals surface area contributed by atoms with Gasteiger partial charge in [0.15, 0.2) is 0 Å². The van der Waals surface area contributed by atoms with E-state index in [1.807, 2.05) is 0 Å². The molecule has 5 N–H and O–H groups in total. The first-order valence-electron chi connectivity index (χ1n) is 6.15. The van der Waals surface area contributed by atoms with E-state index < -0.39 is 0 Å². The third-order valence-corrected chi connectivity index (χ3v) is 3.97. The summed E-state index contributed by atoms with van der Waals surface area (Å²) in [5, 5.41) is 3.68. The minimum absolute atomic E-state index is 0.152. The van der Waals surface area contributed by atoms with Gasteiger partial charge < -0.3 is 16.8 Å². The fraction of sp³-hybridized carbons (Fsp3) is 0.538. The molecule has 86 valence electrons. The van der Waals surface area contributed by atoms with E-state index in [0.29, 0.717) is 12.1 Å². The molecule has 1 saturated carbocycles. The van der Waals surface area contributed by atoms with Gasteiger partial charge in [-0.15, -0.1) is 0 Å². The van der Waals surface area contributed by atoms with Gasteiger partial charge in [0.1, 0.15) is 0 Å². The largest absolute Gasteiger partial charge is 0.398 e. The summed E-state index contributed by atoms with van der Waals surface area (Å²) in [5.41, 5.74) is 15.9. The van der Waals surface area contributed by atoms with Gasteiger partial charge in [-0.3, -0.25) is 0 Å². The highest BCUT2D eigenvalue weighted by molar-refractivity contribution is 5.48. The van der Waals surface area contributed by atoms with Gasteiger partial charge in [-0.2, -0.15) is 0 Å². The first-order valence-corrected chi connectivity index (χ1v) is 6.15.